The summed E-state index contributed by atoms with van der Waals surface area (Å²) in [5.41, 5.74) is 0. The van der Waals surface area contributed by atoms with E-state index in [-0.39, 0.29) is 5.91 Å². The molecular weight excluding hydrogens is 280 g/mol. The molecule has 128 valence electrons. The van der Waals surface area contributed by atoms with Gasteiger partial charge in [-0.15, -0.1) is 0 Å². The van der Waals surface area contributed by atoms with Crippen molar-refractivity contribution < 1.29 is 9.53 Å². The monoisotopic (exact) mass is 312 g/mol. The highest BCUT2D eigenvalue weighted by Gasteiger charge is 2.26. The summed E-state index contributed by atoms with van der Waals surface area (Å²) in [4.78, 5) is 18.9. The molecular formula is C16H32N4O2. The van der Waals surface area contributed by atoms with Gasteiger partial charge in [0.2, 0.25) is 5.91 Å². The van der Waals surface area contributed by atoms with Gasteiger partial charge < -0.3 is 15.0 Å². The average molecular weight is 312 g/mol. The molecule has 2 aliphatic heterocycles. The topological polar surface area (TPSA) is 48.1 Å². The number of rotatable bonds is 6. The molecule has 2 fully saturated rings. The van der Waals surface area contributed by atoms with Crippen molar-refractivity contribution in [3.63, 3.8) is 0 Å². The normalized spacial score (nSPS) is 24.9. The Morgan fingerprint density at radius 3 is 2.59 bits per heavy atom. The van der Waals surface area contributed by atoms with E-state index in [9.17, 15) is 4.79 Å². The van der Waals surface area contributed by atoms with Crippen LogP contribution in [0.1, 0.15) is 20.3 Å². The summed E-state index contributed by atoms with van der Waals surface area (Å²) in [6.45, 7) is 12.8. The molecule has 22 heavy (non-hydrogen) atoms. The zero-order valence-corrected chi connectivity index (χ0v) is 14.4. The van der Waals surface area contributed by atoms with Crippen LogP contribution in [-0.4, -0.2) is 98.8 Å². The number of amides is 1. The zero-order valence-electron chi connectivity index (χ0n) is 14.4. The second-order valence-electron chi connectivity index (χ2n) is 6.62. The van der Waals surface area contributed by atoms with Crippen LogP contribution in [-0.2, 0) is 9.53 Å². The lowest BCUT2D eigenvalue weighted by molar-refractivity contribution is -0.133. The Bertz CT molecular complexity index is 343. The number of nitrogens with zero attached hydrogens (tertiary/aromatic N) is 3. The van der Waals surface area contributed by atoms with Gasteiger partial charge in [-0.25, -0.2) is 0 Å². The first-order valence-corrected chi connectivity index (χ1v) is 8.60. The summed E-state index contributed by atoms with van der Waals surface area (Å²) in [6, 6.07) is 0.591. The predicted molar refractivity (Wildman–Crippen MR) is 88.0 cm³/mol. The Kier molecular flexibility index (Phi) is 7.08. The largest absolute Gasteiger partial charge is 0.374 e. The number of piperazine rings is 1. The molecule has 0 aromatic carbocycles. The molecule has 2 rings (SSSR count). The van der Waals surface area contributed by atoms with Gasteiger partial charge in [0.05, 0.1) is 12.7 Å². The third-order valence-corrected chi connectivity index (χ3v) is 4.68. The lowest BCUT2D eigenvalue weighted by atomic mass is 10.2. The molecule has 0 radical (unpaired) electrons. The van der Waals surface area contributed by atoms with Crippen molar-refractivity contribution in [1.82, 2.24) is 20.0 Å². The smallest absolute Gasteiger partial charge is 0.223 e. The molecule has 0 saturated carbocycles. The number of nitrogens with one attached hydrogen (secondary N) is 1. The number of carbonyl (C=O) groups excluding carboxylic acids is 1. The van der Waals surface area contributed by atoms with Gasteiger partial charge in [0.1, 0.15) is 0 Å². The molecule has 0 spiro atoms. The van der Waals surface area contributed by atoms with Gasteiger partial charge in [-0.2, -0.15) is 0 Å². The van der Waals surface area contributed by atoms with Crippen molar-refractivity contribution in [3.8, 4) is 0 Å². The van der Waals surface area contributed by atoms with Crippen LogP contribution in [0, 0.1) is 0 Å². The van der Waals surface area contributed by atoms with Crippen molar-refractivity contribution >= 4 is 5.91 Å². The van der Waals surface area contributed by atoms with Gasteiger partial charge in [0.25, 0.3) is 0 Å². The predicted octanol–water partition coefficient (Wildman–Crippen LogP) is -0.151. The first-order chi connectivity index (χ1) is 10.6. The van der Waals surface area contributed by atoms with Crippen LogP contribution in [0.25, 0.3) is 0 Å². The Hall–Kier alpha value is -0.690. The Labute approximate surface area is 134 Å². The summed E-state index contributed by atoms with van der Waals surface area (Å²) in [5.74, 6) is 0.272. The van der Waals surface area contributed by atoms with Crippen LogP contribution in [0.5, 0.6) is 0 Å². The maximum Gasteiger partial charge on any atom is 0.223 e. The maximum absolute atomic E-state index is 12.0. The molecule has 6 nitrogen and oxygen atoms in total. The first kappa shape index (κ1) is 17.7. The molecule has 0 aliphatic carbocycles. The van der Waals surface area contributed by atoms with E-state index in [0.29, 0.717) is 18.6 Å². The molecule has 0 aromatic heterocycles. The van der Waals surface area contributed by atoms with Gasteiger partial charge in [-0.3, -0.25) is 14.6 Å². The average Bonchev–Trinajstić information content (AvgIpc) is 2.53. The molecule has 0 bridgehead atoms. The highest BCUT2D eigenvalue weighted by atomic mass is 16.5. The third-order valence-electron chi connectivity index (χ3n) is 4.68. The van der Waals surface area contributed by atoms with Gasteiger partial charge in [0.15, 0.2) is 0 Å². The summed E-state index contributed by atoms with van der Waals surface area (Å²) >= 11 is 0. The number of morpholine rings is 1. The summed E-state index contributed by atoms with van der Waals surface area (Å²) in [6.07, 6.45) is 0.911. The highest BCUT2D eigenvalue weighted by Crippen LogP contribution is 2.12. The third kappa shape index (κ3) is 5.19. The van der Waals surface area contributed by atoms with E-state index < -0.39 is 0 Å². The fourth-order valence-corrected chi connectivity index (χ4v) is 3.18. The molecule has 1 amide bonds. The van der Waals surface area contributed by atoms with Gasteiger partial charge in [0, 0.05) is 64.8 Å². The molecule has 2 saturated heterocycles. The molecule has 1 atom stereocenters. The number of hydrogen-bond acceptors (Lipinski definition) is 5. The molecule has 2 heterocycles. The Morgan fingerprint density at radius 2 is 1.95 bits per heavy atom. The van der Waals surface area contributed by atoms with Crippen LogP contribution >= 0.6 is 0 Å². The minimum Gasteiger partial charge on any atom is -0.374 e. The lowest BCUT2D eigenvalue weighted by Crippen LogP contribution is -2.54. The lowest BCUT2D eigenvalue weighted by Gasteiger charge is -2.40. The zero-order chi connectivity index (χ0) is 15.9. The van der Waals surface area contributed by atoms with Gasteiger partial charge in [-0.1, -0.05) is 0 Å². The molecule has 2 aliphatic rings. The quantitative estimate of drug-likeness (QED) is 0.739. The molecule has 1 unspecified atom stereocenters. The summed E-state index contributed by atoms with van der Waals surface area (Å²) in [5, 5.41) is 3.03. The first-order valence-electron chi connectivity index (χ1n) is 8.60. The van der Waals surface area contributed by atoms with Crippen molar-refractivity contribution in [1.29, 1.82) is 0 Å². The number of hydrogen-bond donors (Lipinski definition) is 1. The molecule has 6 heteroatoms. The van der Waals surface area contributed by atoms with E-state index in [0.717, 1.165) is 59.0 Å². The van der Waals surface area contributed by atoms with Crippen LogP contribution < -0.4 is 5.32 Å². The van der Waals surface area contributed by atoms with Gasteiger partial charge in [-0.05, 0) is 20.9 Å². The SMILES string of the molecule is CNCCC(=O)N1CCN(CC2CN(C(C)C)CCO2)CC1. The van der Waals surface area contributed by atoms with Crippen LogP contribution in [0.4, 0.5) is 0 Å². The highest BCUT2D eigenvalue weighted by molar-refractivity contribution is 5.76. The summed E-state index contributed by atoms with van der Waals surface area (Å²) < 4.78 is 5.92. The van der Waals surface area contributed by atoms with E-state index in [2.05, 4.69) is 29.0 Å². The van der Waals surface area contributed by atoms with Crippen molar-refractivity contribution in [2.24, 2.45) is 0 Å². The number of carbonyl (C=O) groups is 1. The fraction of sp³-hybridized carbons (Fsp3) is 0.938. The second-order valence-corrected chi connectivity index (χ2v) is 6.62. The van der Waals surface area contributed by atoms with Crippen LogP contribution in [0.2, 0.25) is 0 Å². The van der Waals surface area contributed by atoms with E-state index in [4.69, 9.17) is 4.74 Å². The van der Waals surface area contributed by atoms with Crippen molar-refractivity contribution in [3.05, 3.63) is 0 Å². The fourth-order valence-electron chi connectivity index (χ4n) is 3.18. The summed E-state index contributed by atoms with van der Waals surface area (Å²) in [7, 11) is 1.88. The van der Waals surface area contributed by atoms with Crippen LogP contribution in [0.15, 0.2) is 0 Å². The van der Waals surface area contributed by atoms with E-state index in [1.807, 2.05) is 11.9 Å². The minimum absolute atomic E-state index is 0.272. The maximum atomic E-state index is 12.0. The van der Waals surface area contributed by atoms with Gasteiger partial charge >= 0.3 is 0 Å². The molecule has 0 aromatic rings. The van der Waals surface area contributed by atoms with Crippen molar-refractivity contribution in [2.75, 3.05) is 66.0 Å². The second kappa shape index (κ2) is 8.82. The van der Waals surface area contributed by atoms with E-state index >= 15 is 0 Å². The number of ether oxygens (including phenoxy) is 1. The van der Waals surface area contributed by atoms with Crippen LogP contribution in [0.3, 0.4) is 0 Å². The van der Waals surface area contributed by atoms with Crippen molar-refractivity contribution in [2.45, 2.75) is 32.4 Å². The standard InChI is InChI=1S/C16H32N4O2/c1-14(2)20-10-11-22-15(13-20)12-18-6-8-19(9-7-18)16(21)4-5-17-3/h14-15,17H,4-13H2,1-3H3. The van der Waals surface area contributed by atoms with E-state index in [1.54, 1.807) is 0 Å². The molecule has 1 N–H and O–H groups in total. The Balaban J connectivity index is 1.70. The minimum atomic E-state index is 0.272. The Morgan fingerprint density at radius 1 is 1.23 bits per heavy atom. The van der Waals surface area contributed by atoms with E-state index in [1.165, 1.54) is 0 Å².